The normalized spacial score (nSPS) is 20.0. The Morgan fingerprint density at radius 1 is 0.667 bits per heavy atom. The Kier molecular flexibility index (Phi) is 12.2. The Bertz CT molecular complexity index is 1680. The van der Waals surface area contributed by atoms with Gasteiger partial charge in [-0.05, 0) is 114 Å². The van der Waals surface area contributed by atoms with E-state index in [0.717, 1.165) is 16.8 Å². The number of carbonyl (C=O) groups excluding carboxylic acids is 4. The number of likely N-dealkylation sites (tertiary alicyclic amines) is 2. The number of aliphatic hydroxyl groups is 2. The lowest BCUT2D eigenvalue weighted by Crippen LogP contribution is -2.49. The molecule has 3 aromatic rings. The highest BCUT2D eigenvalue weighted by Crippen LogP contribution is 2.27. The maximum absolute atomic E-state index is 13.9. The first-order valence-corrected chi connectivity index (χ1v) is 18.0. The molecule has 5 rings (SSSR count). The number of benzene rings is 3. The Labute approximate surface area is 315 Å². The summed E-state index contributed by atoms with van der Waals surface area (Å²) < 4.78 is 24.7. The lowest BCUT2D eigenvalue weighted by Gasteiger charge is -2.29. The number of hydrogen-bond acceptors (Lipinski definition) is 9. The van der Waals surface area contributed by atoms with Gasteiger partial charge in [0.15, 0.2) is 0 Å². The molecule has 14 heteroatoms. The maximum Gasteiger partial charge on any atom is 0.411 e. The largest absolute Gasteiger partial charge is 0.444 e. The van der Waals surface area contributed by atoms with Gasteiger partial charge in [-0.3, -0.25) is 19.4 Å². The van der Waals surface area contributed by atoms with Crippen LogP contribution < -0.4 is 15.5 Å². The fraction of sp³-hybridized carbons (Fsp3) is 0.450. The first-order chi connectivity index (χ1) is 25.4. The molecule has 2 aliphatic rings. The summed E-state index contributed by atoms with van der Waals surface area (Å²) in [6.45, 7) is 11.6. The average molecular weight is 748 g/mol. The molecule has 0 spiro atoms. The van der Waals surface area contributed by atoms with Crippen LogP contribution in [0.1, 0.15) is 65.5 Å². The highest BCUT2D eigenvalue weighted by molar-refractivity contribution is 5.98. The summed E-state index contributed by atoms with van der Waals surface area (Å²) in [5.41, 5.74) is 2.01. The molecule has 4 N–H and O–H groups in total. The van der Waals surface area contributed by atoms with E-state index in [9.17, 15) is 33.8 Å². The van der Waals surface area contributed by atoms with E-state index in [0.29, 0.717) is 24.5 Å². The molecule has 2 saturated heterocycles. The molecule has 4 amide bonds. The molecule has 0 aromatic heterocycles. The van der Waals surface area contributed by atoms with Crippen LogP contribution in [0.25, 0.3) is 0 Å². The second-order valence-corrected chi connectivity index (χ2v) is 15.7. The number of anilines is 3. The van der Waals surface area contributed by atoms with Gasteiger partial charge in [0.05, 0.1) is 12.2 Å². The minimum Gasteiger partial charge on any atom is -0.444 e. The van der Waals surface area contributed by atoms with Crippen LogP contribution in [0.3, 0.4) is 0 Å². The molecule has 2 fully saturated rings. The van der Waals surface area contributed by atoms with Crippen molar-refractivity contribution in [3.05, 3.63) is 89.7 Å². The molecular formula is C40H50FN5O8. The predicted octanol–water partition coefficient (Wildman–Crippen LogP) is 5.65. The number of ether oxygens (including phenoxy) is 2. The van der Waals surface area contributed by atoms with Gasteiger partial charge >= 0.3 is 12.2 Å². The lowest BCUT2D eigenvalue weighted by molar-refractivity contribution is -0.123. The predicted molar refractivity (Wildman–Crippen MR) is 201 cm³/mol. The van der Waals surface area contributed by atoms with Crippen LogP contribution in [-0.2, 0) is 32.2 Å². The molecule has 290 valence electrons. The van der Waals surface area contributed by atoms with Crippen molar-refractivity contribution >= 4 is 41.1 Å². The molecule has 0 unspecified atom stereocenters. The fourth-order valence-electron chi connectivity index (χ4n) is 6.39. The standard InChI is InChI=1S/C40H50FN5O8/c1-39(2,3)53-37(51)45-21-19-31(47)33(45)35(49)42-28-13-7-25(8-14-28)23-44(30-17-11-27(41)12-18-30)24-26-9-15-29(16-10-26)43-36(50)34-32(48)20-22-46(34)38(52)54-40(4,5)6/h7-18,31-34,47-48H,19-24H2,1-6H3,(H,42,49)(H,43,50)/t31-,32-,33-,34-/m0/s1. The molecule has 2 heterocycles. The summed E-state index contributed by atoms with van der Waals surface area (Å²) in [4.78, 5) is 56.4. The summed E-state index contributed by atoms with van der Waals surface area (Å²) in [5.74, 6) is -1.41. The van der Waals surface area contributed by atoms with E-state index in [1.165, 1.54) is 21.9 Å². The van der Waals surface area contributed by atoms with E-state index in [4.69, 9.17) is 9.47 Å². The van der Waals surface area contributed by atoms with Crippen LogP contribution in [0.2, 0.25) is 0 Å². The van der Waals surface area contributed by atoms with Gasteiger partial charge in [-0.15, -0.1) is 0 Å². The average Bonchev–Trinajstić information content (AvgIpc) is 3.67. The number of rotatable bonds is 9. The fourth-order valence-corrected chi connectivity index (χ4v) is 6.39. The summed E-state index contributed by atoms with van der Waals surface area (Å²) in [6.07, 6.45) is -2.86. The quantitative estimate of drug-likeness (QED) is 0.217. The lowest BCUT2D eigenvalue weighted by atomic mass is 10.1. The first-order valence-electron chi connectivity index (χ1n) is 18.0. The van der Waals surface area contributed by atoms with E-state index in [-0.39, 0.29) is 31.7 Å². The molecular weight excluding hydrogens is 697 g/mol. The van der Waals surface area contributed by atoms with Crippen molar-refractivity contribution in [3.63, 3.8) is 0 Å². The Balaban J connectivity index is 1.24. The molecule has 3 aromatic carbocycles. The van der Waals surface area contributed by atoms with Gasteiger partial charge in [0.1, 0.15) is 29.1 Å². The van der Waals surface area contributed by atoms with Crippen molar-refractivity contribution < 1.29 is 43.3 Å². The van der Waals surface area contributed by atoms with Crippen molar-refractivity contribution in [2.24, 2.45) is 0 Å². The van der Waals surface area contributed by atoms with E-state index < -0.39 is 59.5 Å². The van der Waals surface area contributed by atoms with Crippen LogP contribution in [0.15, 0.2) is 72.8 Å². The van der Waals surface area contributed by atoms with Crippen LogP contribution in [0.5, 0.6) is 0 Å². The van der Waals surface area contributed by atoms with E-state index in [2.05, 4.69) is 10.6 Å². The van der Waals surface area contributed by atoms with E-state index in [1.807, 2.05) is 29.2 Å². The summed E-state index contributed by atoms with van der Waals surface area (Å²) >= 11 is 0. The van der Waals surface area contributed by atoms with Gasteiger partial charge in [-0.1, -0.05) is 24.3 Å². The molecule has 13 nitrogen and oxygen atoms in total. The molecule has 2 aliphatic heterocycles. The molecule has 4 atom stereocenters. The molecule has 0 saturated carbocycles. The highest BCUT2D eigenvalue weighted by atomic mass is 19.1. The summed E-state index contributed by atoms with van der Waals surface area (Å²) in [6, 6.07) is 18.3. The van der Waals surface area contributed by atoms with Crippen molar-refractivity contribution in [1.29, 1.82) is 0 Å². The zero-order chi connectivity index (χ0) is 39.4. The van der Waals surface area contributed by atoms with Crippen LogP contribution in [0.4, 0.5) is 31.0 Å². The van der Waals surface area contributed by atoms with Crippen molar-refractivity contribution in [2.45, 2.75) is 103 Å². The Morgan fingerprint density at radius 2 is 1.04 bits per heavy atom. The van der Waals surface area contributed by atoms with Gasteiger partial charge in [-0.2, -0.15) is 0 Å². The van der Waals surface area contributed by atoms with Crippen LogP contribution >= 0.6 is 0 Å². The third-order valence-corrected chi connectivity index (χ3v) is 8.91. The number of amides is 4. The number of hydrogen-bond donors (Lipinski definition) is 4. The van der Waals surface area contributed by atoms with Gasteiger partial charge in [0, 0.05) is 43.2 Å². The number of nitrogens with zero attached hydrogens (tertiary/aromatic N) is 3. The number of aliphatic hydroxyl groups excluding tert-OH is 2. The zero-order valence-corrected chi connectivity index (χ0v) is 31.5. The molecule has 0 aliphatic carbocycles. The molecule has 54 heavy (non-hydrogen) atoms. The van der Waals surface area contributed by atoms with E-state index in [1.54, 1.807) is 77.9 Å². The van der Waals surface area contributed by atoms with Crippen molar-refractivity contribution in [1.82, 2.24) is 9.80 Å². The Hall–Kier alpha value is -5.21. The molecule has 0 radical (unpaired) electrons. The summed E-state index contributed by atoms with van der Waals surface area (Å²) in [7, 11) is 0. The zero-order valence-electron chi connectivity index (χ0n) is 31.5. The number of carbonyl (C=O) groups is 4. The van der Waals surface area contributed by atoms with Gasteiger partial charge in [0.25, 0.3) is 0 Å². The van der Waals surface area contributed by atoms with Gasteiger partial charge in [-0.25, -0.2) is 14.0 Å². The number of nitrogens with one attached hydrogen (secondary N) is 2. The topological polar surface area (TPSA) is 161 Å². The monoisotopic (exact) mass is 747 g/mol. The third-order valence-electron chi connectivity index (χ3n) is 8.91. The van der Waals surface area contributed by atoms with Gasteiger partial charge < -0.3 is 35.2 Å². The third kappa shape index (κ3) is 10.5. The highest BCUT2D eigenvalue weighted by Gasteiger charge is 2.44. The first kappa shape index (κ1) is 40.0. The number of halogens is 1. The minimum atomic E-state index is -1.09. The van der Waals surface area contributed by atoms with E-state index >= 15 is 0 Å². The Morgan fingerprint density at radius 3 is 1.39 bits per heavy atom. The van der Waals surface area contributed by atoms with Crippen molar-refractivity contribution in [3.8, 4) is 0 Å². The van der Waals surface area contributed by atoms with Crippen molar-refractivity contribution in [2.75, 3.05) is 28.6 Å². The second-order valence-electron chi connectivity index (χ2n) is 15.7. The molecule has 0 bridgehead atoms. The summed E-state index contributed by atoms with van der Waals surface area (Å²) in [5, 5.41) is 26.7. The second kappa shape index (κ2) is 16.4. The van der Waals surface area contributed by atoms with Crippen LogP contribution in [0, 0.1) is 5.82 Å². The smallest absolute Gasteiger partial charge is 0.411 e. The SMILES string of the molecule is CC(C)(C)OC(=O)N1CC[C@H](O)[C@H]1C(=O)Nc1ccc(CN(Cc2ccc(NC(=O)[C@@H]3[C@@H](O)CCN3C(=O)OC(C)(C)C)cc2)c2ccc(F)cc2)cc1. The van der Waals surface area contributed by atoms with Gasteiger partial charge in [0.2, 0.25) is 11.8 Å². The van der Waals surface area contributed by atoms with Crippen LogP contribution in [-0.4, -0.2) is 92.6 Å². The maximum atomic E-state index is 13.9. The minimum absolute atomic E-state index is 0.197.